The smallest absolute Gasteiger partial charge is 0.349 e. The molecule has 2 heterocycles. The maximum atomic E-state index is 12.5. The SMILES string of the molecule is COc1ccc(C2C=C(c3c(O)cc(C)oc3=O)Nc3ccccc3S2)cc1. The molecular formula is C22H19NO4S. The summed E-state index contributed by atoms with van der Waals surface area (Å²) in [5, 5.41) is 13.6. The van der Waals surface area contributed by atoms with Gasteiger partial charge in [0.05, 0.1) is 23.7 Å². The lowest BCUT2D eigenvalue weighted by Gasteiger charge is -2.13. The van der Waals surface area contributed by atoms with Crippen LogP contribution in [0.4, 0.5) is 5.69 Å². The first kappa shape index (κ1) is 18.3. The average Bonchev–Trinajstić information content (AvgIpc) is 2.87. The summed E-state index contributed by atoms with van der Waals surface area (Å²) in [7, 11) is 1.63. The Morgan fingerprint density at radius 2 is 1.89 bits per heavy atom. The molecule has 1 aliphatic heterocycles. The average molecular weight is 393 g/mol. The Morgan fingerprint density at radius 1 is 1.14 bits per heavy atom. The number of ether oxygens (including phenoxy) is 1. The molecule has 1 aliphatic rings. The summed E-state index contributed by atoms with van der Waals surface area (Å²) < 4.78 is 10.5. The van der Waals surface area contributed by atoms with Gasteiger partial charge in [-0.2, -0.15) is 0 Å². The van der Waals surface area contributed by atoms with Gasteiger partial charge in [0.15, 0.2) is 0 Å². The summed E-state index contributed by atoms with van der Waals surface area (Å²) >= 11 is 1.66. The highest BCUT2D eigenvalue weighted by molar-refractivity contribution is 7.99. The van der Waals surface area contributed by atoms with Crippen molar-refractivity contribution in [2.45, 2.75) is 17.1 Å². The van der Waals surface area contributed by atoms with E-state index in [0.29, 0.717) is 11.5 Å². The second-order valence-corrected chi connectivity index (χ2v) is 7.60. The van der Waals surface area contributed by atoms with E-state index >= 15 is 0 Å². The third kappa shape index (κ3) is 3.51. The lowest BCUT2D eigenvalue weighted by atomic mass is 10.1. The van der Waals surface area contributed by atoms with E-state index in [1.807, 2.05) is 54.6 Å². The zero-order valence-corrected chi connectivity index (χ0v) is 16.2. The Morgan fingerprint density at radius 3 is 2.61 bits per heavy atom. The number of para-hydroxylation sites is 1. The number of thioether (sulfide) groups is 1. The van der Waals surface area contributed by atoms with Crippen LogP contribution < -0.4 is 15.7 Å². The van der Waals surface area contributed by atoms with Crippen molar-refractivity contribution >= 4 is 23.1 Å². The number of nitrogens with one attached hydrogen (secondary N) is 1. The Hall–Kier alpha value is -3.12. The van der Waals surface area contributed by atoms with Gasteiger partial charge in [0, 0.05) is 11.0 Å². The van der Waals surface area contributed by atoms with Crippen molar-refractivity contribution in [3.8, 4) is 11.5 Å². The Bertz CT molecular complexity index is 1100. The van der Waals surface area contributed by atoms with Crippen LogP contribution in [0.5, 0.6) is 11.5 Å². The van der Waals surface area contributed by atoms with E-state index in [4.69, 9.17) is 9.15 Å². The molecule has 0 spiro atoms. The number of aryl methyl sites for hydroxylation is 1. The van der Waals surface area contributed by atoms with E-state index in [1.165, 1.54) is 6.07 Å². The minimum atomic E-state index is -0.575. The predicted molar refractivity (Wildman–Crippen MR) is 111 cm³/mol. The maximum Gasteiger partial charge on any atom is 0.349 e. The molecule has 0 bridgehead atoms. The quantitative estimate of drug-likeness (QED) is 0.655. The molecule has 1 atom stereocenters. The topological polar surface area (TPSA) is 71.7 Å². The molecular weight excluding hydrogens is 374 g/mol. The lowest BCUT2D eigenvalue weighted by molar-refractivity contribution is 0.414. The number of anilines is 1. The number of methoxy groups -OCH3 is 1. The van der Waals surface area contributed by atoms with Gasteiger partial charge in [-0.05, 0) is 42.8 Å². The molecule has 5 nitrogen and oxygen atoms in total. The van der Waals surface area contributed by atoms with E-state index in [1.54, 1.807) is 25.8 Å². The number of aromatic hydroxyl groups is 1. The van der Waals surface area contributed by atoms with Crippen molar-refractivity contribution in [3.63, 3.8) is 0 Å². The molecule has 3 aromatic rings. The van der Waals surface area contributed by atoms with Crippen molar-refractivity contribution < 1.29 is 14.3 Å². The molecule has 0 saturated carbocycles. The first-order valence-electron chi connectivity index (χ1n) is 8.77. The second kappa shape index (κ2) is 7.48. The van der Waals surface area contributed by atoms with Crippen LogP contribution in [0.2, 0.25) is 0 Å². The highest BCUT2D eigenvalue weighted by atomic mass is 32.2. The van der Waals surface area contributed by atoms with Gasteiger partial charge in [-0.1, -0.05) is 24.3 Å². The van der Waals surface area contributed by atoms with E-state index in [-0.39, 0.29) is 16.6 Å². The van der Waals surface area contributed by atoms with E-state index in [9.17, 15) is 9.90 Å². The van der Waals surface area contributed by atoms with Crippen LogP contribution in [0.1, 0.15) is 22.1 Å². The minimum Gasteiger partial charge on any atom is -0.507 e. The summed E-state index contributed by atoms with van der Waals surface area (Å²) in [6.45, 7) is 1.63. The van der Waals surface area contributed by atoms with Crippen LogP contribution in [-0.2, 0) is 0 Å². The molecule has 0 radical (unpaired) electrons. The van der Waals surface area contributed by atoms with Crippen LogP contribution in [0, 0.1) is 6.92 Å². The molecule has 142 valence electrons. The van der Waals surface area contributed by atoms with Gasteiger partial charge in [0.25, 0.3) is 0 Å². The zero-order chi connectivity index (χ0) is 19.7. The van der Waals surface area contributed by atoms with Crippen molar-refractivity contribution in [2.24, 2.45) is 0 Å². The molecule has 0 aliphatic carbocycles. The van der Waals surface area contributed by atoms with Crippen molar-refractivity contribution in [1.29, 1.82) is 0 Å². The number of rotatable bonds is 3. The van der Waals surface area contributed by atoms with E-state index < -0.39 is 5.63 Å². The molecule has 6 heteroatoms. The maximum absolute atomic E-state index is 12.5. The van der Waals surface area contributed by atoms with Crippen molar-refractivity contribution in [2.75, 3.05) is 12.4 Å². The normalized spacial score (nSPS) is 15.8. The second-order valence-electron chi connectivity index (χ2n) is 6.42. The first-order valence-corrected chi connectivity index (χ1v) is 9.65. The lowest BCUT2D eigenvalue weighted by Crippen LogP contribution is -2.12. The van der Waals surface area contributed by atoms with Crippen LogP contribution in [0.3, 0.4) is 0 Å². The molecule has 2 N–H and O–H groups in total. The Labute approximate surface area is 166 Å². The number of fused-ring (bicyclic) bond motifs is 1. The van der Waals surface area contributed by atoms with Gasteiger partial charge < -0.3 is 19.6 Å². The Kier molecular flexibility index (Phi) is 4.88. The first-order chi connectivity index (χ1) is 13.5. The van der Waals surface area contributed by atoms with Crippen LogP contribution in [-0.4, -0.2) is 12.2 Å². The van der Waals surface area contributed by atoms with Crippen molar-refractivity contribution in [1.82, 2.24) is 0 Å². The summed E-state index contributed by atoms with van der Waals surface area (Å²) in [5.74, 6) is 1.04. The molecule has 28 heavy (non-hydrogen) atoms. The third-order valence-electron chi connectivity index (χ3n) is 4.50. The van der Waals surface area contributed by atoms with Crippen LogP contribution in [0.15, 0.2) is 74.8 Å². The fourth-order valence-electron chi connectivity index (χ4n) is 3.13. The minimum absolute atomic E-state index is 0.0721. The standard InChI is InChI=1S/C22H19NO4S/c1-13-11-18(24)21(22(25)27-13)17-12-20(14-7-9-15(26-2)10-8-14)28-19-6-4-3-5-16(19)23-17/h3-12,20,23-24H,1-2H3. The van der Waals surface area contributed by atoms with Gasteiger partial charge in [0.1, 0.15) is 22.8 Å². The zero-order valence-electron chi connectivity index (χ0n) is 15.4. The summed E-state index contributed by atoms with van der Waals surface area (Å²) in [6.07, 6.45) is 1.94. The van der Waals surface area contributed by atoms with Crippen molar-refractivity contribution in [3.05, 3.63) is 88.0 Å². The van der Waals surface area contributed by atoms with E-state index in [2.05, 4.69) is 5.32 Å². The third-order valence-corrected chi connectivity index (χ3v) is 5.77. The molecule has 2 aromatic carbocycles. The summed E-state index contributed by atoms with van der Waals surface area (Å²) in [6, 6.07) is 17.1. The van der Waals surface area contributed by atoms with Gasteiger partial charge >= 0.3 is 5.63 Å². The molecule has 0 amide bonds. The fraction of sp³-hybridized carbons (Fsp3) is 0.136. The van der Waals surface area contributed by atoms with E-state index in [0.717, 1.165) is 21.9 Å². The monoisotopic (exact) mass is 393 g/mol. The predicted octanol–water partition coefficient (Wildman–Crippen LogP) is 4.96. The number of hydrogen-bond donors (Lipinski definition) is 2. The molecule has 1 aromatic heterocycles. The molecule has 0 saturated heterocycles. The van der Waals surface area contributed by atoms with Gasteiger partial charge in [0.2, 0.25) is 0 Å². The molecule has 4 rings (SSSR count). The molecule has 1 unspecified atom stereocenters. The van der Waals surface area contributed by atoms with Gasteiger partial charge in [-0.25, -0.2) is 4.79 Å². The van der Waals surface area contributed by atoms with Crippen LogP contribution in [0.25, 0.3) is 5.70 Å². The summed E-state index contributed by atoms with van der Waals surface area (Å²) in [5.41, 5.74) is 1.99. The molecule has 0 fully saturated rings. The highest BCUT2D eigenvalue weighted by Gasteiger charge is 2.23. The van der Waals surface area contributed by atoms with Gasteiger partial charge in [-0.3, -0.25) is 0 Å². The van der Waals surface area contributed by atoms with Gasteiger partial charge in [-0.15, -0.1) is 11.8 Å². The highest BCUT2D eigenvalue weighted by Crippen LogP contribution is 2.45. The van der Waals surface area contributed by atoms with Crippen LogP contribution >= 0.6 is 11.8 Å². The largest absolute Gasteiger partial charge is 0.507 e. The fourth-order valence-corrected chi connectivity index (χ4v) is 4.30. The Balaban J connectivity index is 1.86. The number of hydrogen-bond acceptors (Lipinski definition) is 6. The number of benzene rings is 2. The summed E-state index contributed by atoms with van der Waals surface area (Å²) in [4.78, 5) is 13.5.